The molecule has 2 aromatic carbocycles. The van der Waals surface area contributed by atoms with Crippen molar-refractivity contribution in [2.24, 2.45) is 0 Å². The van der Waals surface area contributed by atoms with Gasteiger partial charge in [-0.3, -0.25) is 4.79 Å². The van der Waals surface area contributed by atoms with E-state index in [1.807, 2.05) is 6.07 Å². The van der Waals surface area contributed by atoms with Crippen LogP contribution in [-0.2, 0) is 4.79 Å². The Kier molecular flexibility index (Phi) is 5.36. The SMILES string of the molecule is O=C(CNc1ccc(F)cc1OCCO)Nc1cccc2nsnc12. The van der Waals surface area contributed by atoms with E-state index in [1.165, 1.54) is 18.2 Å². The number of aliphatic hydroxyl groups excluding tert-OH is 1. The monoisotopic (exact) mass is 362 g/mol. The zero-order valence-corrected chi connectivity index (χ0v) is 13.8. The Balaban J connectivity index is 1.65. The normalized spacial score (nSPS) is 10.6. The van der Waals surface area contributed by atoms with E-state index in [4.69, 9.17) is 9.84 Å². The average Bonchev–Trinajstić information content (AvgIpc) is 3.09. The van der Waals surface area contributed by atoms with E-state index in [9.17, 15) is 9.18 Å². The summed E-state index contributed by atoms with van der Waals surface area (Å²) in [6, 6.07) is 9.27. The van der Waals surface area contributed by atoms with Gasteiger partial charge in [0.25, 0.3) is 0 Å². The van der Waals surface area contributed by atoms with Crippen LogP contribution in [0.5, 0.6) is 5.75 Å². The molecular formula is C16H15FN4O3S. The summed E-state index contributed by atoms with van der Waals surface area (Å²) in [7, 11) is 0. The van der Waals surface area contributed by atoms with E-state index in [1.54, 1.807) is 12.1 Å². The topological polar surface area (TPSA) is 96.4 Å². The average molecular weight is 362 g/mol. The standard InChI is InChI=1S/C16H15FN4O3S/c17-10-4-5-11(14(8-10)24-7-6-22)18-9-15(23)19-12-2-1-3-13-16(12)21-25-20-13/h1-5,8,18,22H,6-7,9H2,(H,19,23). The first-order valence-electron chi connectivity index (χ1n) is 7.45. The third-order valence-electron chi connectivity index (χ3n) is 3.29. The highest BCUT2D eigenvalue weighted by Gasteiger charge is 2.10. The van der Waals surface area contributed by atoms with Crippen molar-refractivity contribution >= 4 is 40.0 Å². The number of benzene rings is 2. The number of rotatable bonds is 7. The number of anilines is 2. The molecule has 25 heavy (non-hydrogen) atoms. The molecule has 0 unspecified atom stereocenters. The fourth-order valence-electron chi connectivity index (χ4n) is 2.19. The van der Waals surface area contributed by atoms with Crippen LogP contribution in [0.2, 0.25) is 0 Å². The van der Waals surface area contributed by atoms with Crippen LogP contribution in [0.15, 0.2) is 36.4 Å². The molecule has 0 aliphatic heterocycles. The maximum atomic E-state index is 13.3. The van der Waals surface area contributed by atoms with Crippen molar-refractivity contribution < 1.29 is 19.0 Å². The van der Waals surface area contributed by atoms with Gasteiger partial charge in [-0.15, -0.1) is 0 Å². The summed E-state index contributed by atoms with van der Waals surface area (Å²) in [5.74, 6) is -0.531. The van der Waals surface area contributed by atoms with Crippen LogP contribution >= 0.6 is 11.7 Å². The second-order valence-corrected chi connectivity index (χ2v) is 5.58. The van der Waals surface area contributed by atoms with Crippen LogP contribution in [0.4, 0.5) is 15.8 Å². The van der Waals surface area contributed by atoms with Crippen molar-refractivity contribution in [3.63, 3.8) is 0 Å². The van der Waals surface area contributed by atoms with Gasteiger partial charge >= 0.3 is 0 Å². The maximum absolute atomic E-state index is 13.3. The first kappa shape index (κ1) is 17.1. The Morgan fingerprint density at radius 3 is 2.96 bits per heavy atom. The number of halogens is 1. The molecule has 130 valence electrons. The zero-order valence-electron chi connectivity index (χ0n) is 13.0. The van der Waals surface area contributed by atoms with E-state index in [-0.39, 0.29) is 31.4 Å². The first-order valence-corrected chi connectivity index (χ1v) is 8.18. The lowest BCUT2D eigenvalue weighted by Gasteiger charge is -2.13. The fraction of sp³-hybridized carbons (Fsp3) is 0.188. The number of nitrogens with zero attached hydrogens (tertiary/aromatic N) is 2. The van der Waals surface area contributed by atoms with Crippen molar-refractivity contribution in [3.8, 4) is 5.75 Å². The number of aliphatic hydroxyl groups is 1. The van der Waals surface area contributed by atoms with Crippen LogP contribution in [0.25, 0.3) is 11.0 Å². The second kappa shape index (κ2) is 7.86. The van der Waals surface area contributed by atoms with Crippen molar-refractivity contribution in [3.05, 3.63) is 42.2 Å². The largest absolute Gasteiger partial charge is 0.489 e. The van der Waals surface area contributed by atoms with Crippen LogP contribution in [-0.4, -0.2) is 39.5 Å². The summed E-state index contributed by atoms with van der Waals surface area (Å²) < 4.78 is 26.9. The summed E-state index contributed by atoms with van der Waals surface area (Å²) in [4.78, 5) is 12.2. The Labute approximate surface area is 146 Å². The minimum atomic E-state index is -0.467. The van der Waals surface area contributed by atoms with Gasteiger partial charge in [-0.2, -0.15) is 8.75 Å². The predicted molar refractivity (Wildman–Crippen MR) is 93.5 cm³/mol. The molecule has 0 saturated carbocycles. The van der Waals surface area contributed by atoms with Gasteiger partial charge in [0.15, 0.2) is 0 Å². The van der Waals surface area contributed by atoms with Gasteiger partial charge < -0.3 is 20.5 Å². The molecule has 0 aliphatic rings. The van der Waals surface area contributed by atoms with Crippen LogP contribution < -0.4 is 15.4 Å². The number of amides is 1. The summed E-state index contributed by atoms with van der Waals surface area (Å²) in [5.41, 5.74) is 2.39. The molecule has 7 nitrogen and oxygen atoms in total. The van der Waals surface area contributed by atoms with Crippen molar-refractivity contribution in [2.75, 3.05) is 30.4 Å². The third-order valence-corrected chi connectivity index (χ3v) is 3.83. The molecule has 1 aromatic heterocycles. The maximum Gasteiger partial charge on any atom is 0.243 e. The summed E-state index contributed by atoms with van der Waals surface area (Å²) in [6.07, 6.45) is 0. The van der Waals surface area contributed by atoms with Crippen molar-refractivity contribution in [1.82, 2.24) is 8.75 Å². The lowest BCUT2D eigenvalue weighted by Crippen LogP contribution is -2.22. The van der Waals surface area contributed by atoms with Gasteiger partial charge in [0, 0.05) is 6.07 Å². The third kappa shape index (κ3) is 4.20. The number of fused-ring (bicyclic) bond motifs is 1. The van der Waals surface area contributed by atoms with Crippen LogP contribution in [0.3, 0.4) is 0 Å². The van der Waals surface area contributed by atoms with Gasteiger partial charge in [-0.05, 0) is 24.3 Å². The zero-order chi connectivity index (χ0) is 17.6. The van der Waals surface area contributed by atoms with Gasteiger partial charge in [-0.1, -0.05) is 6.07 Å². The van der Waals surface area contributed by atoms with Crippen molar-refractivity contribution in [1.29, 1.82) is 0 Å². The highest BCUT2D eigenvalue weighted by atomic mass is 32.1. The van der Waals surface area contributed by atoms with Gasteiger partial charge in [0.1, 0.15) is 29.2 Å². The summed E-state index contributed by atoms with van der Waals surface area (Å²) >= 11 is 1.08. The Morgan fingerprint density at radius 2 is 2.12 bits per heavy atom. The highest BCUT2D eigenvalue weighted by Crippen LogP contribution is 2.25. The lowest BCUT2D eigenvalue weighted by atomic mass is 10.2. The number of carbonyl (C=O) groups excluding carboxylic acids is 1. The molecule has 3 N–H and O–H groups in total. The van der Waals surface area contributed by atoms with Crippen molar-refractivity contribution in [2.45, 2.75) is 0 Å². The molecule has 0 bridgehead atoms. The van der Waals surface area contributed by atoms with Gasteiger partial charge in [-0.25, -0.2) is 4.39 Å². The molecule has 9 heteroatoms. The minimum Gasteiger partial charge on any atom is -0.489 e. The molecule has 1 heterocycles. The van der Waals surface area contributed by atoms with E-state index >= 15 is 0 Å². The molecule has 0 spiro atoms. The summed E-state index contributed by atoms with van der Waals surface area (Å²) in [5, 5.41) is 14.5. The molecule has 0 radical (unpaired) electrons. The van der Waals surface area contributed by atoms with Crippen LogP contribution in [0, 0.1) is 5.82 Å². The quantitative estimate of drug-likeness (QED) is 0.597. The van der Waals surface area contributed by atoms with E-state index in [0.717, 1.165) is 11.7 Å². The number of hydrogen-bond donors (Lipinski definition) is 3. The minimum absolute atomic E-state index is 0.0309. The molecule has 1 amide bonds. The number of ether oxygens (including phenoxy) is 1. The number of carbonyl (C=O) groups is 1. The fourth-order valence-corrected chi connectivity index (χ4v) is 2.74. The van der Waals surface area contributed by atoms with Gasteiger partial charge in [0.05, 0.1) is 36.3 Å². The number of hydrogen-bond acceptors (Lipinski definition) is 7. The Hall–Kier alpha value is -2.78. The number of nitrogens with one attached hydrogen (secondary N) is 2. The predicted octanol–water partition coefficient (Wildman–Crippen LogP) is 2.25. The molecule has 0 atom stereocenters. The lowest BCUT2D eigenvalue weighted by molar-refractivity contribution is -0.114. The molecular weight excluding hydrogens is 347 g/mol. The molecule has 3 aromatic rings. The second-order valence-electron chi connectivity index (χ2n) is 5.05. The smallest absolute Gasteiger partial charge is 0.243 e. The molecule has 0 saturated heterocycles. The molecule has 3 rings (SSSR count). The molecule has 0 fully saturated rings. The van der Waals surface area contributed by atoms with Gasteiger partial charge in [0.2, 0.25) is 5.91 Å². The van der Waals surface area contributed by atoms with Crippen LogP contribution in [0.1, 0.15) is 0 Å². The molecule has 0 aliphatic carbocycles. The van der Waals surface area contributed by atoms with E-state index < -0.39 is 5.82 Å². The van der Waals surface area contributed by atoms with E-state index in [0.29, 0.717) is 22.4 Å². The van der Waals surface area contributed by atoms with E-state index in [2.05, 4.69) is 19.4 Å². The first-order chi connectivity index (χ1) is 12.2. The summed E-state index contributed by atoms with van der Waals surface area (Å²) in [6.45, 7) is -0.208. The number of aromatic nitrogens is 2. The highest BCUT2D eigenvalue weighted by molar-refractivity contribution is 7.00. The Bertz CT molecular complexity index is 887. The Morgan fingerprint density at radius 1 is 1.24 bits per heavy atom.